The van der Waals surface area contributed by atoms with Gasteiger partial charge in [-0.1, -0.05) is 18.2 Å². The van der Waals surface area contributed by atoms with E-state index in [1.54, 1.807) is 37.3 Å². The molecule has 146 valence electrons. The third kappa shape index (κ3) is 3.75. The Bertz CT molecular complexity index is 1330. The summed E-state index contributed by atoms with van der Waals surface area (Å²) < 4.78 is 20.8. The van der Waals surface area contributed by atoms with Gasteiger partial charge in [0.05, 0.1) is 12.2 Å². The van der Waals surface area contributed by atoms with Crippen LogP contribution in [0.5, 0.6) is 5.75 Å². The molecule has 0 N–H and O–H groups in total. The minimum Gasteiger partial charge on any atom is -0.482 e. The number of rotatable bonds is 5. The zero-order valence-electron chi connectivity index (χ0n) is 15.5. The molecule has 0 atom stereocenters. The SMILES string of the molecule is CCOC(=O)COc1ccc2c(-c3cc4ccccc4oc3=O)cc(=O)oc2c1. The highest BCUT2D eigenvalue weighted by Gasteiger charge is 2.14. The molecule has 0 aliphatic heterocycles. The normalized spacial score (nSPS) is 10.9. The van der Waals surface area contributed by atoms with Gasteiger partial charge < -0.3 is 18.3 Å². The van der Waals surface area contributed by atoms with E-state index in [1.807, 2.05) is 12.1 Å². The molecule has 29 heavy (non-hydrogen) atoms. The molecule has 2 heterocycles. The van der Waals surface area contributed by atoms with Gasteiger partial charge in [-0.2, -0.15) is 0 Å². The van der Waals surface area contributed by atoms with Crippen LogP contribution in [0.15, 0.2) is 73.0 Å². The van der Waals surface area contributed by atoms with E-state index in [9.17, 15) is 14.4 Å². The lowest BCUT2D eigenvalue weighted by Crippen LogP contribution is -2.14. The number of esters is 1. The Kier molecular flexibility index (Phi) is 4.87. The Labute approximate surface area is 164 Å². The van der Waals surface area contributed by atoms with E-state index < -0.39 is 17.2 Å². The number of carbonyl (C=O) groups excluding carboxylic acids is 1. The fourth-order valence-electron chi connectivity index (χ4n) is 3.05. The first kappa shape index (κ1) is 18.5. The summed E-state index contributed by atoms with van der Waals surface area (Å²) in [7, 11) is 0. The zero-order valence-corrected chi connectivity index (χ0v) is 15.5. The second-order valence-corrected chi connectivity index (χ2v) is 6.22. The zero-order chi connectivity index (χ0) is 20.4. The van der Waals surface area contributed by atoms with Crippen molar-refractivity contribution < 1.29 is 23.1 Å². The van der Waals surface area contributed by atoms with Crippen molar-refractivity contribution >= 4 is 27.9 Å². The van der Waals surface area contributed by atoms with Crippen LogP contribution in [0, 0.1) is 0 Å². The Morgan fingerprint density at radius 2 is 1.76 bits per heavy atom. The molecule has 0 saturated carbocycles. The first-order chi connectivity index (χ1) is 14.0. The molecule has 0 unspecified atom stereocenters. The minimum absolute atomic E-state index is 0.224. The van der Waals surface area contributed by atoms with E-state index in [0.29, 0.717) is 22.3 Å². The number of benzene rings is 2. The number of hydrogen-bond donors (Lipinski definition) is 0. The highest BCUT2D eigenvalue weighted by atomic mass is 16.6. The maximum Gasteiger partial charge on any atom is 0.344 e. The molecule has 0 spiro atoms. The van der Waals surface area contributed by atoms with Crippen LogP contribution < -0.4 is 16.0 Å². The highest BCUT2D eigenvalue weighted by molar-refractivity contribution is 5.95. The molecule has 0 bridgehead atoms. The summed E-state index contributed by atoms with van der Waals surface area (Å²) in [6.45, 7) is 1.69. The lowest BCUT2D eigenvalue weighted by Gasteiger charge is -2.09. The minimum atomic E-state index is -0.623. The number of para-hydroxylation sites is 1. The van der Waals surface area contributed by atoms with Crippen LogP contribution in [0.25, 0.3) is 33.1 Å². The maximum absolute atomic E-state index is 12.5. The maximum atomic E-state index is 12.5. The van der Waals surface area contributed by atoms with Crippen molar-refractivity contribution in [3.8, 4) is 16.9 Å². The molecule has 0 aliphatic rings. The summed E-state index contributed by atoms with van der Waals surface area (Å²) in [6.07, 6.45) is 0. The monoisotopic (exact) mass is 392 g/mol. The van der Waals surface area contributed by atoms with E-state index in [1.165, 1.54) is 12.1 Å². The topological polar surface area (TPSA) is 96.0 Å². The molecule has 4 aromatic rings. The molecule has 7 heteroatoms. The van der Waals surface area contributed by atoms with Crippen LogP contribution in [0.4, 0.5) is 0 Å². The second-order valence-electron chi connectivity index (χ2n) is 6.22. The molecule has 0 aliphatic carbocycles. The second kappa shape index (κ2) is 7.63. The summed E-state index contributed by atoms with van der Waals surface area (Å²) in [6, 6.07) is 14.8. The van der Waals surface area contributed by atoms with Gasteiger partial charge in [0.25, 0.3) is 0 Å². The van der Waals surface area contributed by atoms with Crippen molar-refractivity contribution in [1.29, 1.82) is 0 Å². The molecule has 0 amide bonds. The fourth-order valence-corrected chi connectivity index (χ4v) is 3.05. The van der Waals surface area contributed by atoms with Gasteiger partial charge in [-0.05, 0) is 31.2 Å². The molecule has 0 saturated heterocycles. The molecule has 2 aromatic heterocycles. The van der Waals surface area contributed by atoms with E-state index in [4.69, 9.17) is 18.3 Å². The largest absolute Gasteiger partial charge is 0.482 e. The van der Waals surface area contributed by atoms with Crippen LogP contribution in [-0.2, 0) is 9.53 Å². The van der Waals surface area contributed by atoms with Gasteiger partial charge in [-0.15, -0.1) is 0 Å². The van der Waals surface area contributed by atoms with Crippen LogP contribution in [0.3, 0.4) is 0 Å². The van der Waals surface area contributed by atoms with Crippen molar-refractivity contribution in [3.63, 3.8) is 0 Å². The smallest absolute Gasteiger partial charge is 0.344 e. The van der Waals surface area contributed by atoms with E-state index in [2.05, 4.69) is 0 Å². The van der Waals surface area contributed by atoms with Crippen molar-refractivity contribution in [2.75, 3.05) is 13.2 Å². The van der Waals surface area contributed by atoms with Crippen molar-refractivity contribution in [1.82, 2.24) is 0 Å². The fraction of sp³-hybridized carbons (Fsp3) is 0.136. The Balaban J connectivity index is 1.80. The quantitative estimate of drug-likeness (QED) is 0.379. The van der Waals surface area contributed by atoms with Crippen LogP contribution in [0.1, 0.15) is 6.92 Å². The number of fused-ring (bicyclic) bond motifs is 2. The molecular weight excluding hydrogens is 376 g/mol. The van der Waals surface area contributed by atoms with Gasteiger partial charge in [0.1, 0.15) is 16.9 Å². The van der Waals surface area contributed by atoms with Gasteiger partial charge in [-0.25, -0.2) is 14.4 Å². The molecule has 2 aromatic carbocycles. The third-order valence-electron chi connectivity index (χ3n) is 4.31. The number of ether oxygens (including phenoxy) is 2. The van der Waals surface area contributed by atoms with E-state index >= 15 is 0 Å². The van der Waals surface area contributed by atoms with Gasteiger partial charge in [-0.3, -0.25) is 0 Å². The molecule has 7 nitrogen and oxygen atoms in total. The van der Waals surface area contributed by atoms with Crippen LogP contribution >= 0.6 is 0 Å². The Hall–Kier alpha value is -3.87. The Morgan fingerprint density at radius 1 is 0.931 bits per heavy atom. The third-order valence-corrected chi connectivity index (χ3v) is 4.31. The predicted molar refractivity (Wildman–Crippen MR) is 106 cm³/mol. The average molecular weight is 392 g/mol. The first-order valence-corrected chi connectivity index (χ1v) is 8.95. The van der Waals surface area contributed by atoms with E-state index in [0.717, 1.165) is 5.39 Å². The summed E-state index contributed by atoms with van der Waals surface area (Å²) in [5.41, 5.74) is 0.153. The summed E-state index contributed by atoms with van der Waals surface area (Å²) in [4.78, 5) is 36.1. The van der Waals surface area contributed by atoms with Gasteiger partial charge >= 0.3 is 17.2 Å². The van der Waals surface area contributed by atoms with Crippen molar-refractivity contribution in [2.24, 2.45) is 0 Å². The highest BCUT2D eigenvalue weighted by Crippen LogP contribution is 2.29. The predicted octanol–water partition coefficient (Wildman–Crippen LogP) is 3.51. The number of hydrogen-bond acceptors (Lipinski definition) is 7. The van der Waals surface area contributed by atoms with Gasteiger partial charge in [0.2, 0.25) is 0 Å². The summed E-state index contributed by atoms with van der Waals surface area (Å²) in [5.74, 6) is -0.173. The molecule has 0 fully saturated rings. The standard InChI is InChI=1S/C22H16O7/c1-2-26-21(24)12-27-14-7-8-15-16(11-20(23)28-19(15)10-14)17-9-13-5-3-4-6-18(13)29-22(17)25/h3-11H,2,12H2,1H3. The molecular formula is C22H16O7. The van der Waals surface area contributed by atoms with E-state index in [-0.39, 0.29) is 24.4 Å². The molecule has 4 rings (SSSR count). The lowest BCUT2D eigenvalue weighted by molar-refractivity contribution is -0.145. The summed E-state index contributed by atoms with van der Waals surface area (Å²) >= 11 is 0. The van der Waals surface area contributed by atoms with Gasteiger partial charge in [0, 0.05) is 28.5 Å². The first-order valence-electron chi connectivity index (χ1n) is 8.95. The Morgan fingerprint density at radius 3 is 2.59 bits per heavy atom. The average Bonchev–Trinajstić information content (AvgIpc) is 2.71. The summed E-state index contributed by atoms with van der Waals surface area (Å²) in [5, 5.41) is 1.27. The van der Waals surface area contributed by atoms with Gasteiger partial charge in [0.15, 0.2) is 6.61 Å². The van der Waals surface area contributed by atoms with Crippen molar-refractivity contribution in [2.45, 2.75) is 6.92 Å². The van der Waals surface area contributed by atoms with Crippen LogP contribution in [-0.4, -0.2) is 19.2 Å². The van der Waals surface area contributed by atoms with Crippen LogP contribution in [0.2, 0.25) is 0 Å². The van der Waals surface area contributed by atoms with Crippen molar-refractivity contribution in [3.05, 3.63) is 75.4 Å². The molecule has 0 radical (unpaired) electrons. The number of carbonyl (C=O) groups is 1. The lowest BCUT2D eigenvalue weighted by atomic mass is 10.0.